The number of aromatic nitrogens is 1. The number of benzene rings is 1. The van der Waals surface area contributed by atoms with Crippen LogP contribution >= 0.6 is 11.6 Å². The Kier molecular flexibility index (Phi) is 8.10. The van der Waals surface area contributed by atoms with Crippen LogP contribution in [0.15, 0.2) is 29.2 Å². The minimum Gasteiger partial charge on any atom is -0.868 e. The molecular formula is C22H22ClFKN3O5. The number of ether oxygens (including phenoxy) is 1. The summed E-state index contributed by atoms with van der Waals surface area (Å²) in [6.45, 7) is 2.26. The average molecular weight is 502 g/mol. The smallest absolute Gasteiger partial charge is 0.868 e. The third kappa shape index (κ3) is 4.54. The van der Waals surface area contributed by atoms with Crippen molar-refractivity contribution < 1.29 is 75.2 Å². The number of carbonyl (C=O) groups excluding carboxylic acids is 2. The van der Waals surface area contributed by atoms with Gasteiger partial charge in [-0.25, -0.2) is 4.39 Å². The Balaban J connectivity index is 0.00000306. The molecule has 1 aromatic heterocycles. The fourth-order valence-electron chi connectivity index (χ4n) is 4.63. The molecule has 8 nitrogen and oxygen atoms in total. The average Bonchev–Trinajstić information content (AvgIpc) is 2.74. The molecule has 1 spiro atoms. The van der Waals surface area contributed by atoms with Gasteiger partial charge in [0.15, 0.2) is 5.43 Å². The van der Waals surface area contributed by atoms with Crippen molar-refractivity contribution in [3.63, 3.8) is 0 Å². The third-order valence-electron chi connectivity index (χ3n) is 6.30. The van der Waals surface area contributed by atoms with Gasteiger partial charge in [-0.2, -0.15) is 0 Å². The zero-order chi connectivity index (χ0) is 23.2. The molecule has 11 heteroatoms. The molecule has 1 saturated carbocycles. The normalized spacial score (nSPS) is 21.3. The van der Waals surface area contributed by atoms with E-state index < -0.39 is 39.9 Å². The number of rotatable bonds is 5. The molecule has 0 unspecified atom stereocenters. The van der Waals surface area contributed by atoms with Crippen LogP contribution < -0.4 is 67.2 Å². The minimum atomic E-state index is -1.07. The van der Waals surface area contributed by atoms with E-state index in [1.807, 2.05) is 6.92 Å². The van der Waals surface area contributed by atoms with E-state index in [-0.39, 0.29) is 86.9 Å². The van der Waals surface area contributed by atoms with E-state index >= 15 is 0 Å². The molecule has 33 heavy (non-hydrogen) atoms. The van der Waals surface area contributed by atoms with Gasteiger partial charge in [-0.3, -0.25) is 14.4 Å². The molecule has 0 radical (unpaired) electrons. The number of hydrogen-bond donors (Lipinski definition) is 1. The standard InChI is InChI=1S/C22H23ClFN3O5.K/c1-3-27-21(31)17-19(29)18(28)14(10-26(17)11-22(27)7-13(8-22)32-2)20(30)25-9-12-5-4-6-15(23)16(12)24;/h4-6,10,13,29H,3,7-9,11H2,1-2H3,(H,25,30);/q;+1/p-1. The fraction of sp³-hybridized carbons (Fsp3) is 0.409. The Morgan fingerprint density at radius 2 is 2.06 bits per heavy atom. The van der Waals surface area contributed by atoms with Crippen LogP contribution in [0, 0.1) is 5.82 Å². The largest absolute Gasteiger partial charge is 1.00 e. The Bertz CT molecular complexity index is 1170. The van der Waals surface area contributed by atoms with Gasteiger partial charge in [-0.15, -0.1) is 0 Å². The van der Waals surface area contributed by atoms with Crippen molar-refractivity contribution in [3.05, 3.63) is 62.3 Å². The van der Waals surface area contributed by atoms with Crippen LogP contribution in [-0.2, 0) is 17.8 Å². The maximum absolute atomic E-state index is 14.1. The van der Waals surface area contributed by atoms with Crippen molar-refractivity contribution in [1.82, 2.24) is 14.8 Å². The van der Waals surface area contributed by atoms with Crippen LogP contribution in [0.25, 0.3) is 0 Å². The first-order valence-electron chi connectivity index (χ1n) is 10.2. The second-order valence-electron chi connectivity index (χ2n) is 8.11. The molecule has 0 saturated heterocycles. The zero-order valence-corrected chi connectivity index (χ0v) is 22.5. The molecule has 2 aliphatic rings. The number of fused-ring (bicyclic) bond motifs is 1. The molecular weight excluding hydrogens is 480 g/mol. The first-order valence-corrected chi connectivity index (χ1v) is 10.6. The predicted molar refractivity (Wildman–Crippen MR) is 112 cm³/mol. The van der Waals surface area contributed by atoms with E-state index in [0.29, 0.717) is 19.4 Å². The molecule has 0 bridgehead atoms. The number of nitrogens with one attached hydrogen (secondary N) is 1. The second-order valence-corrected chi connectivity index (χ2v) is 8.52. The first kappa shape index (κ1) is 26.3. The molecule has 170 valence electrons. The summed E-state index contributed by atoms with van der Waals surface area (Å²) in [5.41, 5.74) is -2.10. The molecule has 2 heterocycles. The van der Waals surface area contributed by atoms with Crippen molar-refractivity contribution in [2.45, 2.75) is 44.5 Å². The first-order chi connectivity index (χ1) is 15.2. The fourth-order valence-corrected chi connectivity index (χ4v) is 4.82. The summed E-state index contributed by atoms with van der Waals surface area (Å²) in [5.74, 6) is -3.05. The molecule has 2 aromatic rings. The Hall–Kier alpha value is -1.27. The number of likely N-dealkylation sites (N-methyl/N-ethyl adjacent to an activating group) is 1. The van der Waals surface area contributed by atoms with Crippen LogP contribution in [-0.4, -0.2) is 46.6 Å². The van der Waals surface area contributed by atoms with Gasteiger partial charge in [0.25, 0.3) is 11.8 Å². The maximum Gasteiger partial charge on any atom is 1.00 e. The Morgan fingerprint density at radius 3 is 2.70 bits per heavy atom. The van der Waals surface area contributed by atoms with Gasteiger partial charge < -0.3 is 24.6 Å². The zero-order valence-electron chi connectivity index (χ0n) is 18.6. The molecule has 4 rings (SSSR count). The minimum absolute atomic E-state index is 0. The van der Waals surface area contributed by atoms with Gasteiger partial charge in [-0.05, 0) is 31.6 Å². The van der Waals surface area contributed by atoms with Crippen LogP contribution in [0.5, 0.6) is 5.75 Å². The SMILES string of the molecule is CCN1C(=O)c2c([O-])c(=O)c(C(=O)NCc3cccc(Cl)c3F)cn2CC12CC(OC)C2.[K+]. The monoisotopic (exact) mass is 501 g/mol. The van der Waals surface area contributed by atoms with Crippen LogP contribution in [0.1, 0.15) is 46.2 Å². The summed E-state index contributed by atoms with van der Waals surface area (Å²) in [6, 6.07) is 4.36. The van der Waals surface area contributed by atoms with E-state index in [9.17, 15) is 23.9 Å². The van der Waals surface area contributed by atoms with Gasteiger partial charge in [-0.1, -0.05) is 23.7 Å². The van der Waals surface area contributed by atoms with Crippen molar-refractivity contribution in [2.24, 2.45) is 0 Å². The van der Waals surface area contributed by atoms with E-state index in [2.05, 4.69) is 5.32 Å². The van der Waals surface area contributed by atoms with E-state index in [1.54, 1.807) is 12.0 Å². The number of hydrogen-bond acceptors (Lipinski definition) is 5. The number of methoxy groups -OCH3 is 1. The van der Waals surface area contributed by atoms with Gasteiger partial charge >= 0.3 is 51.4 Å². The number of halogens is 2. The predicted octanol–water partition coefficient (Wildman–Crippen LogP) is -1.33. The van der Waals surface area contributed by atoms with Gasteiger partial charge in [0, 0.05) is 38.5 Å². The molecule has 1 fully saturated rings. The summed E-state index contributed by atoms with van der Waals surface area (Å²) in [7, 11) is 1.60. The molecule has 1 aliphatic heterocycles. The molecule has 1 N–H and O–H groups in total. The molecule has 2 amide bonds. The topological polar surface area (TPSA) is 104 Å². The summed E-state index contributed by atoms with van der Waals surface area (Å²) in [6.07, 6.45) is 2.44. The van der Waals surface area contributed by atoms with Crippen molar-refractivity contribution in [1.29, 1.82) is 0 Å². The van der Waals surface area contributed by atoms with Gasteiger partial charge in [0.2, 0.25) is 0 Å². The molecule has 1 aliphatic carbocycles. The quantitative estimate of drug-likeness (QED) is 0.511. The number of amides is 2. The van der Waals surface area contributed by atoms with Crippen LogP contribution in [0.4, 0.5) is 4.39 Å². The third-order valence-corrected chi connectivity index (χ3v) is 6.60. The summed E-state index contributed by atoms with van der Waals surface area (Å²) in [4.78, 5) is 40.0. The summed E-state index contributed by atoms with van der Waals surface area (Å²) in [5, 5.41) is 15.1. The Labute approximate surface area is 237 Å². The molecule has 0 atom stereocenters. The van der Waals surface area contributed by atoms with Crippen molar-refractivity contribution >= 4 is 23.4 Å². The van der Waals surface area contributed by atoms with E-state index in [0.717, 1.165) is 0 Å². The van der Waals surface area contributed by atoms with Crippen molar-refractivity contribution in [2.75, 3.05) is 13.7 Å². The van der Waals surface area contributed by atoms with E-state index in [1.165, 1.54) is 29.0 Å². The summed E-state index contributed by atoms with van der Waals surface area (Å²) >= 11 is 5.75. The summed E-state index contributed by atoms with van der Waals surface area (Å²) < 4.78 is 20.8. The Morgan fingerprint density at radius 1 is 1.36 bits per heavy atom. The molecule has 1 aromatic carbocycles. The number of nitrogens with zero attached hydrogens (tertiary/aromatic N) is 2. The van der Waals surface area contributed by atoms with Gasteiger partial charge in [0.05, 0.1) is 16.7 Å². The van der Waals surface area contributed by atoms with Crippen molar-refractivity contribution in [3.8, 4) is 5.75 Å². The van der Waals surface area contributed by atoms with Crippen LogP contribution in [0.2, 0.25) is 5.02 Å². The number of carbonyl (C=O) groups is 2. The number of pyridine rings is 1. The van der Waals surface area contributed by atoms with Gasteiger partial charge in [0.1, 0.15) is 17.1 Å². The second kappa shape index (κ2) is 10.1. The van der Waals surface area contributed by atoms with E-state index in [4.69, 9.17) is 16.3 Å². The maximum atomic E-state index is 14.1. The van der Waals surface area contributed by atoms with Crippen LogP contribution in [0.3, 0.4) is 0 Å².